The van der Waals surface area contributed by atoms with Gasteiger partial charge in [-0.1, -0.05) is 18.2 Å². The van der Waals surface area contributed by atoms with Crippen LogP contribution in [-0.4, -0.2) is 28.2 Å². The molecule has 1 saturated heterocycles. The summed E-state index contributed by atoms with van der Waals surface area (Å²) >= 11 is 1.34. The molecule has 3 aromatic rings. The molecule has 0 saturated carbocycles. The Morgan fingerprint density at radius 2 is 1.85 bits per heavy atom. The first kappa shape index (κ1) is 22.6. The zero-order chi connectivity index (χ0) is 23.5. The van der Waals surface area contributed by atoms with Crippen molar-refractivity contribution in [2.75, 3.05) is 6.61 Å². The molecule has 0 bridgehead atoms. The van der Waals surface area contributed by atoms with Gasteiger partial charge < -0.3 is 14.6 Å². The molecule has 0 radical (unpaired) electrons. The van der Waals surface area contributed by atoms with Gasteiger partial charge in [0.2, 0.25) is 0 Å². The molecule has 7 heteroatoms. The highest BCUT2D eigenvalue weighted by atomic mass is 32.2. The number of para-hydroxylation sites is 1. The van der Waals surface area contributed by atoms with Crippen molar-refractivity contribution < 1.29 is 14.3 Å². The van der Waals surface area contributed by atoms with Crippen LogP contribution in [0.3, 0.4) is 0 Å². The van der Waals surface area contributed by atoms with Crippen LogP contribution in [0.4, 0.5) is 5.69 Å². The van der Waals surface area contributed by atoms with Crippen LogP contribution in [0.15, 0.2) is 64.5 Å². The van der Waals surface area contributed by atoms with Crippen LogP contribution < -0.4 is 5.32 Å². The average Bonchev–Trinajstić information content (AvgIpc) is 3.28. The second-order valence-electron chi connectivity index (χ2n) is 7.70. The Morgan fingerprint density at radius 3 is 2.55 bits per heavy atom. The molecule has 1 aliphatic heterocycles. The van der Waals surface area contributed by atoms with Crippen LogP contribution >= 0.6 is 11.8 Å². The second-order valence-corrected chi connectivity index (χ2v) is 8.73. The van der Waals surface area contributed by atoms with E-state index in [-0.39, 0.29) is 11.9 Å². The van der Waals surface area contributed by atoms with Crippen molar-refractivity contribution in [1.82, 2.24) is 9.88 Å². The molecule has 33 heavy (non-hydrogen) atoms. The number of aliphatic imine (C=N–C) groups is 1. The van der Waals surface area contributed by atoms with E-state index in [0.717, 1.165) is 33.9 Å². The minimum Gasteiger partial charge on any atom is -0.462 e. The zero-order valence-electron chi connectivity index (χ0n) is 19.0. The summed E-state index contributed by atoms with van der Waals surface area (Å²) in [6.07, 6.45) is 1.90. The Balaban J connectivity index is 1.60. The van der Waals surface area contributed by atoms with Crippen LogP contribution in [0.1, 0.15) is 39.8 Å². The summed E-state index contributed by atoms with van der Waals surface area (Å²) in [6, 6.07) is 17.2. The first-order chi connectivity index (χ1) is 15.9. The van der Waals surface area contributed by atoms with Crippen LogP contribution in [0.25, 0.3) is 11.8 Å². The van der Waals surface area contributed by atoms with Gasteiger partial charge in [-0.25, -0.2) is 9.79 Å². The molecule has 0 unspecified atom stereocenters. The quantitative estimate of drug-likeness (QED) is 0.406. The fourth-order valence-corrected chi connectivity index (χ4v) is 4.54. The smallest absolute Gasteiger partial charge is 0.338 e. The Bertz CT molecular complexity index is 1290. The van der Waals surface area contributed by atoms with Gasteiger partial charge in [-0.2, -0.15) is 0 Å². The summed E-state index contributed by atoms with van der Waals surface area (Å²) in [6.45, 7) is 8.15. The molecular weight excluding hydrogens is 434 g/mol. The summed E-state index contributed by atoms with van der Waals surface area (Å²) < 4.78 is 7.16. The predicted octanol–water partition coefficient (Wildman–Crippen LogP) is 5.47. The minimum absolute atomic E-state index is 0.157. The third kappa shape index (κ3) is 4.78. The number of hydrogen-bond acceptors (Lipinski definition) is 5. The fraction of sp³-hybridized carbons (Fsp3) is 0.192. The van der Waals surface area contributed by atoms with Gasteiger partial charge in [-0.3, -0.25) is 4.79 Å². The van der Waals surface area contributed by atoms with Gasteiger partial charge >= 0.3 is 5.97 Å². The minimum atomic E-state index is -0.331. The van der Waals surface area contributed by atoms with E-state index in [1.54, 1.807) is 19.1 Å². The number of carbonyl (C=O) groups is 2. The van der Waals surface area contributed by atoms with Gasteiger partial charge in [0.25, 0.3) is 5.91 Å². The topological polar surface area (TPSA) is 72.7 Å². The molecule has 6 nitrogen and oxygen atoms in total. The van der Waals surface area contributed by atoms with Gasteiger partial charge in [0, 0.05) is 17.1 Å². The number of esters is 1. The highest BCUT2D eigenvalue weighted by molar-refractivity contribution is 8.18. The van der Waals surface area contributed by atoms with Gasteiger partial charge in [0.05, 0.1) is 22.8 Å². The number of benzene rings is 2. The lowest BCUT2D eigenvalue weighted by molar-refractivity contribution is -0.115. The van der Waals surface area contributed by atoms with Crippen molar-refractivity contribution in [2.24, 2.45) is 4.99 Å². The third-order valence-corrected chi connectivity index (χ3v) is 6.29. The molecule has 1 aromatic heterocycles. The number of ether oxygens (including phenoxy) is 1. The van der Waals surface area contributed by atoms with Crippen molar-refractivity contribution in [2.45, 2.75) is 27.7 Å². The Morgan fingerprint density at radius 1 is 1.12 bits per heavy atom. The summed E-state index contributed by atoms with van der Waals surface area (Å²) in [5.41, 5.74) is 6.33. The number of aromatic nitrogens is 1. The molecule has 168 valence electrons. The molecule has 0 aliphatic carbocycles. The standard InChI is InChI=1S/C26H25N3O3S/c1-5-32-25(31)19-10-12-21(13-11-19)29-17(3)14-20(18(29)4)15-23-24(30)28-26(33-23)27-22-9-7-6-8-16(22)2/h6-15H,5H2,1-4H3,(H,27,28,30)/b23-15-. The van der Waals surface area contributed by atoms with E-state index in [2.05, 4.69) is 14.9 Å². The van der Waals surface area contributed by atoms with Gasteiger partial charge in [0.15, 0.2) is 5.17 Å². The molecule has 4 rings (SSSR count). The van der Waals surface area contributed by atoms with Crippen LogP contribution in [0.2, 0.25) is 0 Å². The highest BCUT2D eigenvalue weighted by Crippen LogP contribution is 2.31. The first-order valence-corrected chi connectivity index (χ1v) is 11.5. The number of nitrogens with one attached hydrogen (secondary N) is 1. The van der Waals surface area contributed by atoms with Crippen molar-refractivity contribution in [3.8, 4) is 5.69 Å². The maximum Gasteiger partial charge on any atom is 0.338 e. The number of amides is 1. The van der Waals surface area contributed by atoms with E-state index >= 15 is 0 Å². The van der Waals surface area contributed by atoms with E-state index in [1.807, 2.05) is 69.3 Å². The van der Waals surface area contributed by atoms with Gasteiger partial charge in [-0.15, -0.1) is 0 Å². The summed E-state index contributed by atoms with van der Waals surface area (Å²) in [5, 5.41) is 3.43. The second kappa shape index (κ2) is 9.50. The lowest BCUT2D eigenvalue weighted by Crippen LogP contribution is -2.19. The molecule has 1 aliphatic rings. The molecule has 0 spiro atoms. The predicted molar refractivity (Wildman–Crippen MR) is 133 cm³/mol. The van der Waals surface area contributed by atoms with Gasteiger partial charge in [-0.05, 0) is 93.1 Å². The molecule has 1 amide bonds. The van der Waals surface area contributed by atoms with E-state index in [4.69, 9.17) is 4.74 Å². The molecule has 1 fully saturated rings. The maximum atomic E-state index is 12.6. The average molecular weight is 460 g/mol. The fourth-order valence-electron chi connectivity index (χ4n) is 3.71. The lowest BCUT2D eigenvalue weighted by Gasteiger charge is -2.10. The number of thioether (sulfide) groups is 1. The van der Waals surface area contributed by atoms with Crippen molar-refractivity contribution >= 4 is 40.6 Å². The Kier molecular flexibility index (Phi) is 6.51. The molecule has 2 heterocycles. The number of nitrogens with zero attached hydrogens (tertiary/aromatic N) is 2. The first-order valence-electron chi connectivity index (χ1n) is 10.7. The summed E-state index contributed by atoms with van der Waals surface area (Å²) in [5.74, 6) is -0.487. The van der Waals surface area contributed by atoms with Gasteiger partial charge in [0.1, 0.15) is 0 Å². The number of aryl methyl sites for hydroxylation is 2. The Labute approximate surface area is 197 Å². The van der Waals surface area contributed by atoms with E-state index in [0.29, 0.717) is 22.2 Å². The van der Waals surface area contributed by atoms with E-state index in [1.165, 1.54) is 11.8 Å². The largest absolute Gasteiger partial charge is 0.462 e. The lowest BCUT2D eigenvalue weighted by atomic mass is 10.2. The van der Waals surface area contributed by atoms with Crippen molar-refractivity contribution in [1.29, 1.82) is 0 Å². The van der Waals surface area contributed by atoms with Crippen LogP contribution in [0.5, 0.6) is 0 Å². The third-order valence-electron chi connectivity index (χ3n) is 5.38. The van der Waals surface area contributed by atoms with E-state index < -0.39 is 0 Å². The SMILES string of the molecule is CCOC(=O)c1ccc(-n2c(C)cc(/C=C3\SC(=Nc4ccccc4C)NC3=O)c2C)cc1. The molecule has 0 atom stereocenters. The van der Waals surface area contributed by atoms with Crippen LogP contribution in [0, 0.1) is 20.8 Å². The summed E-state index contributed by atoms with van der Waals surface area (Å²) in [4.78, 5) is 29.7. The van der Waals surface area contributed by atoms with Crippen molar-refractivity contribution in [3.05, 3.63) is 87.6 Å². The van der Waals surface area contributed by atoms with Crippen molar-refractivity contribution in [3.63, 3.8) is 0 Å². The highest BCUT2D eigenvalue weighted by Gasteiger charge is 2.25. The Hall–Kier alpha value is -3.58. The normalized spacial score (nSPS) is 15.8. The molecule has 1 N–H and O–H groups in total. The maximum absolute atomic E-state index is 12.6. The monoisotopic (exact) mass is 459 g/mol. The molecule has 2 aromatic carbocycles. The van der Waals surface area contributed by atoms with E-state index in [9.17, 15) is 9.59 Å². The number of carbonyl (C=O) groups excluding carboxylic acids is 2. The summed E-state index contributed by atoms with van der Waals surface area (Å²) in [7, 11) is 0. The number of hydrogen-bond donors (Lipinski definition) is 1. The number of amidine groups is 1. The number of rotatable bonds is 5. The zero-order valence-corrected chi connectivity index (χ0v) is 19.8. The molecular formula is C26H25N3O3S. The van der Waals surface area contributed by atoms with Crippen LogP contribution in [-0.2, 0) is 9.53 Å².